The number of rotatable bonds is 5. The first-order chi connectivity index (χ1) is 8.15. The molecule has 17 heavy (non-hydrogen) atoms. The highest BCUT2D eigenvalue weighted by Crippen LogP contribution is 2.22. The molecule has 0 spiro atoms. The number of hydrogen-bond donors (Lipinski definition) is 1. The predicted octanol–water partition coefficient (Wildman–Crippen LogP) is 2.74. The molecule has 0 radical (unpaired) electrons. The van der Waals surface area contributed by atoms with Gasteiger partial charge in [-0.1, -0.05) is 39.5 Å². The first-order valence-corrected chi connectivity index (χ1v) is 6.96. The number of hydrogen-bond acceptors (Lipinski definition) is 3. The van der Waals surface area contributed by atoms with Crippen molar-refractivity contribution in [2.24, 2.45) is 11.8 Å². The molecule has 3 nitrogen and oxygen atoms in total. The zero-order valence-corrected chi connectivity index (χ0v) is 11.5. The van der Waals surface area contributed by atoms with Crippen molar-refractivity contribution in [1.82, 2.24) is 5.32 Å². The van der Waals surface area contributed by atoms with E-state index in [2.05, 4.69) is 19.2 Å². The molecule has 0 bridgehead atoms. The van der Waals surface area contributed by atoms with Crippen LogP contribution in [0.15, 0.2) is 0 Å². The molecular weight excluding hydrogens is 214 g/mol. The van der Waals surface area contributed by atoms with Crippen molar-refractivity contribution >= 4 is 5.97 Å². The van der Waals surface area contributed by atoms with Gasteiger partial charge in [0.2, 0.25) is 0 Å². The van der Waals surface area contributed by atoms with E-state index in [1.807, 2.05) is 0 Å². The summed E-state index contributed by atoms with van der Waals surface area (Å²) in [5, 5.41) is 3.39. The summed E-state index contributed by atoms with van der Waals surface area (Å²) in [6, 6.07) is -0.150. The highest BCUT2D eigenvalue weighted by atomic mass is 16.5. The molecule has 1 fully saturated rings. The molecule has 0 aliphatic heterocycles. The zero-order chi connectivity index (χ0) is 12.7. The van der Waals surface area contributed by atoms with Crippen LogP contribution in [0, 0.1) is 11.8 Å². The maximum atomic E-state index is 11.6. The topological polar surface area (TPSA) is 38.3 Å². The highest BCUT2D eigenvalue weighted by Gasteiger charge is 2.23. The summed E-state index contributed by atoms with van der Waals surface area (Å²) >= 11 is 0. The summed E-state index contributed by atoms with van der Waals surface area (Å²) in [6.45, 7) is 5.07. The van der Waals surface area contributed by atoms with E-state index in [1.54, 1.807) is 0 Å². The molecule has 1 aliphatic carbocycles. The quantitative estimate of drug-likeness (QED) is 0.594. The molecule has 0 saturated heterocycles. The molecule has 0 amide bonds. The molecule has 0 heterocycles. The number of esters is 1. The van der Waals surface area contributed by atoms with Gasteiger partial charge in [-0.2, -0.15) is 0 Å². The van der Waals surface area contributed by atoms with Crippen LogP contribution in [-0.2, 0) is 9.53 Å². The summed E-state index contributed by atoms with van der Waals surface area (Å²) in [5.41, 5.74) is 0. The smallest absolute Gasteiger partial charge is 0.323 e. The van der Waals surface area contributed by atoms with Gasteiger partial charge in [0.15, 0.2) is 0 Å². The Morgan fingerprint density at radius 2 is 1.82 bits per heavy atom. The van der Waals surface area contributed by atoms with Crippen LogP contribution in [0.1, 0.15) is 52.4 Å². The molecule has 1 aliphatic rings. The Balaban J connectivity index is 2.37. The van der Waals surface area contributed by atoms with Crippen LogP contribution in [-0.4, -0.2) is 25.7 Å². The normalized spacial score (nSPS) is 20.0. The standard InChI is InChI=1S/C14H27NO2/c1-11(2)13(14(16)17-3)15-10-12-8-6-4-5-7-9-12/h11-13,15H,4-10H2,1-3H3/t13-/m0/s1. The van der Waals surface area contributed by atoms with Crippen molar-refractivity contribution < 1.29 is 9.53 Å². The van der Waals surface area contributed by atoms with Crippen LogP contribution < -0.4 is 5.32 Å². The van der Waals surface area contributed by atoms with Gasteiger partial charge in [-0.05, 0) is 31.2 Å². The summed E-state index contributed by atoms with van der Waals surface area (Å²) in [4.78, 5) is 11.6. The lowest BCUT2D eigenvalue weighted by atomic mass is 9.98. The van der Waals surface area contributed by atoms with E-state index in [0.717, 1.165) is 12.5 Å². The Hall–Kier alpha value is -0.570. The van der Waals surface area contributed by atoms with E-state index in [-0.39, 0.29) is 17.9 Å². The van der Waals surface area contributed by atoms with Gasteiger partial charge in [0.25, 0.3) is 0 Å². The minimum absolute atomic E-state index is 0.131. The molecule has 0 aromatic carbocycles. The molecule has 1 saturated carbocycles. The molecule has 3 heteroatoms. The first kappa shape index (κ1) is 14.5. The largest absolute Gasteiger partial charge is 0.468 e. The monoisotopic (exact) mass is 241 g/mol. The number of carbonyl (C=O) groups is 1. The fourth-order valence-corrected chi connectivity index (χ4v) is 2.58. The Morgan fingerprint density at radius 3 is 2.29 bits per heavy atom. The summed E-state index contributed by atoms with van der Waals surface area (Å²) in [7, 11) is 1.46. The van der Waals surface area contributed by atoms with E-state index < -0.39 is 0 Å². The Bertz CT molecular complexity index is 220. The molecule has 0 aromatic heterocycles. The van der Waals surface area contributed by atoms with E-state index >= 15 is 0 Å². The van der Waals surface area contributed by atoms with E-state index in [9.17, 15) is 4.79 Å². The van der Waals surface area contributed by atoms with E-state index in [0.29, 0.717) is 0 Å². The van der Waals surface area contributed by atoms with Crippen molar-refractivity contribution in [3.63, 3.8) is 0 Å². The number of carbonyl (C=O) groups excluding carboxylic acids is 1. The minimum Gasteiger partial charge on any atom is -0.468 e. The highest BCUT2D eigenvalue weighted by molar-refractivity contribution is 5.75. The molecule has 100 valence electrons. The molecule has 0 aromatic rings. The number of nitrogens with one attached hydrogen (secondary N) is 1. The van der Waals surface area contributed by atoms with Crippen molar-refractivity contribution in [2.45, 2.75) is 58.4 Å². The van der Waals surface area contributed by atoms with Gasteiger partial charge in [-0.3, -0.25) is 4.79 Å². The second-order valence-corrected chi connectivity index (χ2v) is 5.51. The Kier molecular flexibility index (Phi) is 6.56. The van der Waals surface area contributed by atoms with Gasteiger partial charge >= 0.3 is 5.97 Å². The molecule has 0 unspecified atom stereocenters. The lowest BCUT2D eigenvalue weighted by Crippen LogP contribution is -2.43. The third-order valence-corrected chi connectivity index (χ3v) is 3.72. The predicted molar refractivity (Wildman–Crippen MR) is 69.8 cm³/mol. The van der Waals surface area contributed by atoms with Gasteiger partial charge in [-0.15, -0.1) is 0 Å². The van der Waals surface area contributed by atoms with Crippen molar-refractivity contribution in [3.8, 4) is 0 Å². The van der Waals surface area contributed by atoms with Crippen LogP contribution in [0.3, 0.4) is 0 Å². The number of ether oxygens (including phenoxy) is 1. The maximum absolute atomic E-state index is 11.6. The van der Waals surface area contributed by atoms with Gasteiger partial charge < -0.3 is 10.1 Å². The zero-order valence-electron chi connectivity index (χ0n) is 11.5. The SMILES string of the molecule is COC(=O)[C@@H](NCC1CCCCCC1)C(C)C. The average molecular weight is 241 g/mol. The lowest BCUT2D eigenvalue weighted by Gasteiger charge is -2.23. The van der Waals surface area contributed by atoms with Crippen molar-refractivity contribution in [3.05, 3.63) is 0 Å². The summed E-state index contributed by atoms with van der Waals surface area (Å²) in [6.07, 6.45) is 8.05. The van der Waals surface area contributed by atoms with Gasteiger partial charge in [-0.25, -0.2) is 0 Å². The molecule has 1 atom stereocenters. The van der Waals surface area contributed by atoms with E-state index in [1.165, 1.54) is 45.6 Å². The third kappa shape index (κ3) is 5.07. The Labute approximate surface area is 105 Å². The molecular formula is C14H27NO2. The summed E-state index contributed by atoms with van der Waals surface area (Å²) < 4.78 is 4.84. The van der Waals surface area contributed by atoms with Crippen LogP contribution in [0.25, 0.3) is 0 Å². The maximum Gasteiger partial charge on any atom is 0.323 e. The molecule has 1 rings (SSSR count). The third-order valence-electron chi connectivity index (χ3n) is 3.72. The van der Waals surface area contributed by atoms with Crippen LogP contribution in [0.5, 0.6) is 0 Å². The first-order valence-electron chi connectivity index (χ1n) is 6.96. The fourth-order valence-electron chi connectivity index (χ4n) is 2.58. The average Bonchev–Trinajstić information content (AvgIpc) is 2.57. The van der Waals surface area contributed by atoms with Gasteiger partial charge in [0.1, 0.15) is 6.04 Å². The molecule has 1 N–H and O–H groups in total. The van der Waals surface area contributed by atoms with E-state index in [4.69, 9.17) is 4.74 Å². The Morgan fingerprint density at radius 1 is 1.24 bits per heavy atom. The minimum atomic E-state index is -0.150. The fraction of sp³-hybridized carbons (Fsp3) is 0.929. The van der Waals surface area contributed by atoms with Crippen LogP contribution >= 0.6 is 0 Å². The second kappa shape index (κ2) is 7.70. The van der Waals surface area contributed by atoms with Crippen LogP contribution in [0.4, 0.5) is 0 Å². The van der Waals surface area contributed by atoms with Crippen molar-refractivity contribution in [2.75, 3.05) is 13.7 Å². The van der Waals surface area contributed by atoms with Gasteiger partial charge in [0, 0.05) is 0 Å². The lowest BCUT2D eigenvalue weighted by molar-refractivity contribution is -0.144. The summed E-state index contributed by atoms with van der Waals surface area (Å²) in [5.74, 6) is 0.894. The number of methoxy groups -OCH3 is 1. The second-order valence-electron chi connectivity index (χ2n) is 5.51. The van der Waals surface area contributed by atoms with Crippen LogP contribution in [0.2, 0.25) is 0 Å². The van der Waals surface area contributed by atoms with Gasteiger partial charge in [0.05, 0.1) is 7.11 Å². The van der Waals surface area contributed by atoms with Crippen molar-refractivity contribution in [1.29, 1.82) is 0 Å².